The first kappa shape index (κ1) is 15.4. The van der Waals surface area contributed by atoms with Crippen LogP contribution in [0.3, 0.4) is 0 Å². The summed E-state index contributed by atoms with van der Waals surface area (Å²) in [5.74, 6) is -0.381. The van der Waals surface area contributed by atoms with Crippen LogP contribution in [0.1, 0.15) is 12.5 Å². The van der Waals surface area contributed by atoms with E-state index in [2.05, 4.69) is 4.74 Å². The van der Waals surface area contributed by atoms with E-state index in [0.717, 1.165) is 7.11 Å². The van der Waals surface area contributed by atoms with E-state index in [-0.39, 0.29) is 5.69 Å². The molecule has 8 nitrogen and oxygen atoms in total. The summed E-state index contributed by atoms with van der Waals surface area (Å²) in [7, 11) is 1.13. The molecule has 0 saturated carbocycles. The third kappa shape index (κ3) is 3.94. The number of nitro benzene ring substituents is 1. The molecular formula is C12H14N2O6. The molecule has 0 aliphatic rings. The molecule has 0 heterocycles. The Morgan fingerprint density at radius 2 is 2.05 bits per heavy atom. The number of ether oxygens (including phenoxy) is 2. The Morgan fingerprint density at radius 1 is 1.40 bits per heavy atom. The van der Waals surface area contributed by atoms with Crippen molar-refractivity contribution in [3.8, 4) is 5.75 Å². The number of methoxy groups -OCH3 is 1. The molecule has 0 aromatic heterocycles. The summed E-state index contributed by atoms with van der Waals surface area (Å²) in [6.07, 6.45) is -1.83. The molecule has 0 aliphatic carbocycles. The van der Waals surface area contributed by atoms with E-state index in [1.165, 1.54) is 25.1 Å². The molecule has 0 aliphatic heterocycles. The van der Waals surface area contributed by atoms with Crippen molar-refractivity contribution in [3.63, 3.8) is 0 Å². The van der Waals surface area contributed by atoms with Gasteiger partial charge < -0.3 is 9.47 Å². The molecular weight excluding hydrogens is 268 g/mol. The van der Waals surface area contributed by atoms with Gasteiger partial charge in [-0.25, -0.2) is 4.79 Å². The molecule has 1 aromatic rings. The van der Waals surface area contributed by atoms with Gasteiger partial charge in [-0.2, -0.15) is 0 Å². The summed E-state index contributed by atoms with van der Waals surface area (Å²) in [6.45, 7) is 3.00. The smallest absolute Gasteiger partial charge is 0.413 e. The number of nitro groups is 1. The number of amides is 2. The van der Waals surface area contributed by atoms with Crippen LogP contribution in [0.2, 0.25) is 0 Å². The first-order valence-electron chi connectivity index (χ1n) is 5.65. The van der Waals surface area contributed by atoms with E-state index >= 15 is 0 Å². The number of alkyl carbamates (subject to hydrolysis) is 1. The van der Waals surface area contributed by atoms with Gasteiger partial charge in [0.2, 0.25) is 0 Å². The lowest BCUT2D eigenvalue weighted by Gasteiger charge is -2.14. The van der Waals surface area contributed by atoms with Gasteiger partial charge in [0.15, 0.2) is 6.10 Å². The molecule has 0 saturated heterocycles. The third-order valence-electron chi connectivity index (χ3n) is 2.46. The fourth-order valence-corrected chi connectivity index (χ4v) is 1.42. The fourth-order valence-electron chi connectivity index (χ4n) is 1.42. The average molecular weight is 282 g/mol. The van der Waals surface area contributed by atoms with Gasteiger partial charge in [-0.05, 0) is 26.0 Å². The highest BCUT2D eigenvalue weighted by Gasteiger charge is 2.19. The molecule has 108 valence electrons. The second-order valence-corrected chi connectivity index (χ2v) is 3.95. The second kappa shape index (κ2) is 6.50. The number of hydrogen-bond acceptors (Lipinski definition) is 6. The summed E-state index contributed by atoms with van der Waals surface area (Å²) in [4.78, 5) is 32.6. The van der Waals surface area contributed by atoms with E-state index in [1.54, 1.807) is 6.92 Å². The summed E-state index contributed by atoms with van der Waals surface area (Å²) in [5, 5.41) is 12.6. The van der Waals surface area contributed by atoms with Crippen molar-refractivity contribution in [2.24, 2.45) is 0 Å². The van der Waals surface area contributed by atoms with Crippen LogP contribution in [0, 0.1) is 17.0 Å². The van der Waals surface area contributed by atoms with Crippen LogP contribution in [0.5, 0.6) is 5.75 Å². The molecule has 1 N–H and O–H groups in total. The van der Waals surface area contributed by atoms with E-state index in [0.29, 0.717) is 11.3 Å². The van der Waals surface area contributed by atoms with Crippen molar-refractivity contribution in [2.75, 3.05) is 7.11 Å². The highest BCUT2D eigenvalue weighted by Crippen LogP contribution is 2.23. The Labute approximate surface area is 114 Å². The highest BCUT2D eigenvalue weighted by atomic mass is 16.6. The Bertz CT molecular complexity index is 543. The van der Waals surface area contributed by atoms with Gasteiger partial charge >= 0.3 is 6.09 Å². The Morgan fingerprint density at radius 3 is 2.55 bits per heavy atom. The van der Waals surface area contributed by atoms with Crippen molar-refractivity contribution in [1.29, 1.82) is 0 Å². The second-order valence-electron chi connectivity index (χ2n) is 3.95. The number of imide groups is 1. The van der Waals surface area contributed by atoms with E-state index in [4.69, 9.17) is 4.74 Å². The molecule has 0 bridgehead atoms. The quantitative estimate of drug-likeness (QED) is 0.663. The molecule has 20 heavy (non-hydrogen) atoms. The van der Waals surface area contributed by atoms with E-state index in [1.807, 2.05) is 5.32 Å². The Balaban J connectivity index is 2.73. The SMILES string of the molecule is COC(=O)NC(=O)[C@H](C)Oc1ccc([N+](=O)[O-])c(C)c1. The van der Waals surface area contributed by atoms with Crippen LogP contribution >= 0.6 is 0 Å². The monoisotopic (exact) mass is 282 g/mol. The number of benzene rings is 1. The van der Waals surface area contributed by atoms with Crippen molar-refractivity contribution >= 4 is 17.7 Å². The predicted octanol–water partition coefficient (Wildman–Crippen LogP) is 1.55. The molecule has 8 heteroatoms. The lowest BCUT2D eigenvalue weighted by molar-refractivity contribution is -0.385. The van der Waals surface area contributed by atoms with Crippen molar-refractivity contribution in [3.05, 3.63) is 33.9 Å². The minimum atomic E-state index is -0.949. The fraction of sp³-hybridized carbons (Fsp3) is 0.333. The lowest BCUT2D eigenvalue weighted by Crippen LogP contribution is -2.39. The van der Waals surface area contributed by atoms with Crippen LogP contribution < -0.4 is 10.1 Å². The van der Waals surface area contributed by atoms with Crippen LogP contribution in [0.15, 0.2) is 18.2 Å². The molecule has 0 unspecified atom stereocenters. The zero-order valence-electron chi connectivity index (χ0n) is 11.2. The standard InChI is InChI=1S/C12H14N2O6/c1-7-6-9(4-5-10(7)14(17)18)20-8(2)11(15)13-12(16)19-3/h4-6,8H,1-3H3,(H,13,15,16)/t8-/m0/s1. The molecule has 0 radical (unpaired) electrons. The van der Waals surface area contributed by atoms with E-state index in [9.17, 15) is 19.7 Å². The van der Waals surface area contributed by atoms with Crippen LogP contribution in [0.25, 0.3) is 0 Å². The topological polar surface area (TPSA) is 108 Å². The van der Waals surface area contributed by atoms with Crippen molar-refractivity contribution < 1.29 is 24.0 Å². The maximum atomic E-state index is 11.5. The van der Waals surface area contributed by atoms with Gasteiger partial charge in [0.25, 0.3) is 11.6 Å². The zero-order chi connectivity index (χ0) is 15.3. The van der Waals surface area contributed by atoms with Crippen LogP contribution in [-0.2, 0) is 9.53 Å². The molecule has 2 amide bonds. The Hall–Kier alpha value is -2.64. The maximum Gasteiger partial charge on any atom is 0.413 e. The van der Waals surface area contributed by atoms with Crippen LogP contribution in [0.4, 0.5) is 10.5 Å². The summed E-state index contributed by atoms with van der Waals surface area (Å²) in [6, 6.07) is 4.11. The molecule has 1 rings (SSSR count). The average Bonchev–Trinajstić information content (AvgIpc) is 2.37. The number of carbonyl (C=O) groups is 2. The minimum Gasteiger partial charge on any atom is -0.481 e. The molecule has 1 atom stereocenters. The zero-order valence-corrected chi connectivity index (χ0v) is 11.2. The van der Waals surface area contributed by atoms with Gasteiger partial charge in [0, 0.05) is 11.6 Å². The summed E-state index contributed by atoms with van der Waals surface area (Å²) >= 11 is 0. The van der Waals surface area contributed by atoms with Crippen molar-refractivity contribution in [1.82, 2.24) is 5.32 Å². The number of rotatable bonds is 4. The van der Waals surface area contributed by atoms with Gasteiger partial charge in [-0.1, -0.05) is 0 Å². The normalized spacial score (nSPS) is 11.3. The van der Waals surface area contributed by atoms with Gasteiger partial charge in [-0.15, -0.1) is 0 Å². The van der Waals surface area contributed by atoms with Gasteiger partial charge in [0.1, 0.15) is 5.75 Å². The summed E-state index contributed by atoms with van der Waals surface area (Å²) in [5.41, 5.74) is 0.372. The third-order valence-corrected chi connectivity index (χ3v) is 2.46. The van der Waals surface area contributed by atoms with Gasteiger partial charge in [-0.3, -0.25) is 20.2 Å². The first-order chi connectivity index (χ1) is 9.35. The largest absolute Gasteiger partial charge is 0.481 e. The highest BCUT2D eigenvalue weighted by molar-refractivity contribution is 5.94. The number of aryl methyl sites for hydroxylation is 1. The van der Waals surface area contributed by atoms with E-state index < -0.39 is 23.0 Å². The predicted molar refractivity (Wildman–Crippen MR) is 68.5 cm³/mol. The van der Waals surface area contributed by atoms with Crippen LogP contribution in [-0.4, -0.2) is 30.1 Å². The molecule has 0 fully saturated rings. The Kier molecular flexibility index (Phi) is 5.01. The number of nitrogens with one attached hydrogen (secondary N) is 1. The number of carbonyl (C=O) groups excluding carboxylic acids is 2. The molecule has 0 spiro atoms. The first-order valence-corrected chi connectivity index (χ1v) is 5.65. The van der Waals surface area contributed by atoms with Gasteiger partial charge in [0.05, 0.1) is 12.0 Å². The van der Waals surface area contributed by atoms with Crippen molar-refractivity contribution in [2.45, 2.75) is 20.0 Å². The maximum absolute atomic E-state index is 11.5. The molecule has 1 aromatic carbocycles. The summed E-state index contributed by atoms with van der Waals surface area (Å²) < 4.78 is 9.58. The number of nitrogens with zero attached hydrogens (tertiary/aromatic N) is 1. The number of hydrogen-bond donors (Lipinski definition) is 1. The minimum absolute atomic E-state index is 0.0379. The lowest BCUT2D eigenvalue weighted by atomic mass is 10.2.